The van der Waals surface area contributed by atoms with Gasteiger partial charge in [-0.25, -0.2) is 0 Å². The molecule has 0 heterocycles. The van der Waals surface area contributed by atoms with Crippen LogP contribution in [0.5, 0.6) is 0 Å². The molecule has 0 spiro atoms. The van der Waals surface area contributed by atoms with Gasteiger partial charge >= 0.3 is 0 Å². The topological polar surface area (TPSA) is 43.4 Å². The largest absolute Gasteiger partial charge is 0.296 e. The molecule has 18 heavy (non-hydrogen) atoms. The normalized spacial score (nSPS) is 11.8. The molecule has 0 radical (unpaired) electrons. The predicted molar refractivity (Wildman–Crippen MR) is 72.9 cm³/mol. The lowest BCUT2D eigenvalue weighted by Crippen LogP contribution is -2.07. The zero-order chi connectivity index (χ0) is 13.4. The summed E-state index contributed by atoms with van der Waals surface area (Å²) in [5, 5.41) is 0. The first-order chi connectivity index (χ1) is 8.56. The van der Waals surface area contributed by atoms with E-state index in [1.807, 2.05) is 19.1 Å². The van der Waals surface area contributed by atoms with Gasteiger partial charge in [-0.1, -0.05) is 42.5 Å². The first-order valence-corrected chi connectivity index (χ1v) is 7.21. The minimum atomic E-state index is -3.61. The summed E-state index contributed by atoms with van der Waals surface area (Å²) < 4.78 is 28.5. The van der Waals surface area contributed by atoms with E-state index < -0.39 is 10.1 Å². The monoisotopic (exact) mass is 266 g/mol. The summed E-state index contributed by atoms with van der Waals surface area (Å²) in [5.41, 5.74) is 1.02. The average Bonchev–Trinajstić information content (AvgIpc) is 2.34. The highest BCUT2D eigenvalue weighted by Gasteiger charge is 2.13. The van der Waals surface area contributed by atoms with Gasteiger partial charge in [-0.2, -0.15) is 8.42 Å². The van der Waals surface area contributed by atoms with Crippen molar-refractivity contribution in [2.75, 3.05) is 6.61 Å². The molecule has 0 aliphatic carbocycles. The van der Waals surface area contributed by atoms with E-state index in [0.717, 1.165) is 12.0 Å². The van der Waals surface area contributed by atoms with Gasteiger partial charge in [0.25, 0.3) is 10.1 Å². The van der Waals surface area contributed by atoms with Crippen LogP contribution in [0.2, 0.25) is 0 Å². The van der Waals surface area contributed by atoms with E-state index in [9.17, 15) is 8.42 Å². The van der Waals surface area contributed by atoms with Crippen LogP contribution in [0.1, 0.15) is 18.4 Å². The molecule has 0 saturated heterocycles. The molecule has 0 atom stereocenters. The Hall–Kier alpha value is -1.39. The lowest BCUT2D eigenvalue weighted by Gasteiger charge is -2.05. The fraction of sp³-hybridized carbons (Fsp3) is 0.286. The standard InChI is InChI=1S/C14H18O3S/c1-3-4-5-6-7-12-17-18(15,16)14-10-8-13(2)9-11-14/h3-5,8-11H,1,6-7,12H2,2H3/b5-4+. The molecule has 0 fully saturated rings. The minimum absolute atomic E-state index is 0.192. The highest BCUT2D eigenvalue weighted by atomic mass is 32.2. The molecule has 0 amide bonds. The third kappa shape index (κ3) is 4.85. The van der Waals surface area contributed by atoms with E-state index in [2.05, 4.69) is 6.58 Å². The van der Waals surface area contributed by atoms with Gasteiger partial charge in [-0.05, 0) is 31.9 Å². The van der Waals surface area contributed by atoms with Gasteiger partial charge in [-0.15, -0.1) is 0 Å². The van der Waals surface area contributed by atoms with Gasteiger partial charge in [-0.3, -0.25) is 4.18 Å². The number of rotatable bonds is 7. The lowest BCUT2D eigenvalue weighted by atomic mass is 10.2. The fourth-order valence-corrected chi connectivity index (χ4v) is 2.28. The van der Waals surface area contributed by atoms with Gasteiger partial charge in [0.2, 0.25) is 0 Å². The zero-order valence-corrected chi connectivity index (χ0v) is 11.3. The molecule has 0 unspecified atom stereocenters. The van der Waals surface area contributed by atoms with Crippen LogP contribution >= 0.6 is 0 Å². The number of unbranched alkanes of at least 4 members (excludes halogenated alkanes) is 1. The maximum Gasteiger partial charge on any atom is 0.296 e. The number of aryl methyl sites for hydroxylation is 1. The van der Waals surface area contributed by atoms with Crippen LogP contribution in [0, 0.1) is 6.92 Å². The highest BCUT2D eigenvalue weighted by Crippen LogP contribution is 2.13. The van der Waals surface area contributed by atoms with Crippen molar-refractivity contribution in [3.63, 3.8) is 0 Å². The van der Waals surface area contributed by atoms with E-state index in [1.54, 1.807) is 30.3 Å². The average molecular weight is 266 g/mol. The molecule has 0 N–H and O–H groups in total. The Morgan fingerprint density at radius 1 is 1.28 bits per heavy atom. The van der Waals surface area contributed by atoms with Crippen molar-refractivity contribution in [1.82, 2.24) is 0 Å². The van der Waals surface area contributed by atoms with E-state index in [1.165, 1.54) is 0 Å². The van der Waals surface area contributed by atoms with E-state index in [4.69, 9.17) is 4.18 Å². The van der Waals surface area contributed by atoms with Gasteiger partial charge in [0, 0.05) is 0 Å². The van der Waals surface area contributed by atoms with Crippen LogP contribution < -0.4 is 0 Å². The van der Waals surface area contributed by atoms with Crippen LogP contribution in [-0.2, 0) is 14.3 Å². The fourth-order valence-electron chi connectivity index (χ4n) is 1.34. The molecule has 0 bridgehead atoms. The number of benzene rings is 1. The van der Waals surface area contributed by atoms with Gasteiger partial charge in [0.15, 0.2) is 0 Å². The van der Waals surface area contributed by atoms with Crippen molar-refractivity contribution in [2.45, 2.75) is 24.7 Å². The molecule has 0 saturated carbocycles. The smallest absolute Gasteiger partial charge is 0.266 e. The summed E-state index contributed by atoms with van der Waals surface area (Å²) in [6.45, 7) is 5.65. The summed E-state index contributed by atoms with van der Waals surface area (Å²) in [4.78, 5) is 0.203. The van der Waals surface area contributed by atoms with Gasteiger partial charge in [0.05, 0.1) is 11.5 Å². The molecule has 0 aliphatic rings. The van der Waals surface area contributed by atoms with E-state index >= 15 is 0 Å². The molecule has 0 aromatic heterocycles. The molecule has 0 aliphatic heterocycles. The first-order valence-electron chi connectivity index (χ1n) is 5.80. The Balaban J connectivity index is 2.47. The van der Waals surface area contributed by atoms with Crippen LogP contribution in [0.3, 0.4) is 0 Å². The van der Waals surface area contributed by atoms with Crippen LogP contribution in [0.15, 0.2) is 54.0 Å². The van der Waals surface area contributed by atoms with Crippen molar-refractivity contribution in [2.24, 2.45) is 0 Å². The molecule has 3 nitrogen and oxygen atoms in total. The lowest BCUT2D eigenvalue weighted by molar-refractivity contribution is 0.313. The molecule has 98 valence electrons. The third-order valence-corrected chi connectivity index (χ3v) is 3.66. The second-order valence-electron chi connectivity index (χ2n) is 3.90. The van der Waals surface area contributed by atoms with E-state index in [-0.39, 0.29) is 11.5 Å². The molecule has 1 rings (SSSR count). The Morgan fingerprint density at radius 2 is 1.94 bits per heavy atom. The third-order valence-electron chi connectivity index (χ3n) is 2.34. The Labute approximate surface area is 109 Å². The molecular formula is C14H18O3S. The SMILES string of the molecule is C=C/C=C/CCCOS(=O)(=O)c1ccc(C)cc1. The van der Waals surface area contributed by atoms with Gasteiger partial charge in [0.1, 0.15) is 0 Å². The predicted octanol–water partition coefficient (Wildman–Crippen LogP) is 3.22. The maximum atomic E-state index is 11.8. The van der Waals surface area contributed by atoms with Crippen LogP contribution in [0.4, 0.5) is 0 Å². The summed E-state index contributed by atoms with van der Waals surface area (Å²) in [6, 6.07) is 6.62. The maximum absolute atomic E-state index is 11.8. The van der Waals surface area contributed by atoms with Crippen molar-refractivity contribution in [3.8, 4) is 0 Å². The quantitative estimate of drug-likeness (QED) is 0.432. The van der Waals surface area contributed by atoms with Crippen molar-refractivity contribution >= 4 is 10.1 Å². The Kier molecular flexibility index (Phi) is 5.82. The van der Waals surface area contributed by atoms with Crippen LogP contribution in [0.25, 0.3) is 0 Å². The second-order valence-corrected chi connectivity index (χ2v) is 5.51. The first kappa shape index (κ1) is 14.7. The van der Waals surface area contributed by atoms with Crippen molar-refractivity contribution < 1.29 is 12.6 Å². The second kappa shape index (κ2) is 7.13. The minimum Gasteiger partial charge on any atom is -0.266 e. The summed E-state index contributed by atoms with van der Waals surface area (Å²) in [5.74, 6) is 0. The summed E-state index contributed by atoms with van der Waals surface area (Å²) >= 11 is 0. The number of allylic oxidation sites excluding steroid dienone is 3. The summed E-state index contributed by atoms with van der Waals surface area (Å²) in [7, 11) is -3.61. The van der Waals surface area contributed by atoms with E-state index in [0.29, 0.717) is 6.42 Å². The highest BCUT2D eigenvalue weighted by molar-refractivity contribution is 7.86. The summed E-state index contributed by atoms with van der Waals surface area (Å²) in [6.07, 6.45) is 6.87. The molecule has 4 heteroatoms. The molecule has 1 aromatic rings. The van der Waals surface area contributed by atoms with Crippen molar-refractivity contribution in [3.05, 3.63) is 54.6 Å². The Bertz CT molecular complexity index is 498. The van der Waals surface area contributed by atoms with Crippen LogP contribution in [-0.4, -0.2) is 15.0 Å². The molecule has 1 aromatic carbocycles. The number of hydrogen-bond donors (Lipinski definition) is 0. The van der Waals surface area contributed by atoms with Crippen molar-refractivity contribution in [1.29, 1.82) is 0 Å². The van der Waals surface area contributed by atoms with Gasteiger partial charge < -0.3 is 0 Å². The number of hydrogen-bond acceptors (Lipinski definition) is 3. The zero-order valence-electron chi connectivity index (χ0n) is 10.5. The molecular weight excluding hydrogens is 248 g/mol. The Morgan fingerprint density at radius 3 is 2.56 bits per heavy atom.